The molecule has 42 heavy (non-hydrogen) atoms. The van der Waals surface area contributed by atoms with Crippen LogP contribution in [0.1, 0.15) is 72.2 Å². The van der Waals surface area contributed by atoms with Gasteiger partial charge in [0.1, 0.15) is 5.69 Å². The van der Waals surface area contributed by atoms with Crippen molar-refractivity contribution in [2.75, 3.05) is 6.61 Å². The van der Waals surface area contributed by atoms with E-state index in [4.69, 9.17) is 9.97 Å². The first-order valence-corrected chi connectivity index (χ1v) is 15.9. The monoisotopic (exact) mass is 578 g/mol. The second-order valence-electron chi connectivity index (χ2n) is 11.4. The van der Waals surface area contributed by atoms with E-state index in [0.717, 1.165) is 69.9 Å². The van der Waals surface area contributed by atoms with Crippen LogP contribution in [0.25, 0.3) is 22.6 Å². The highest BCUT2D eigenvalue weighted by molar-refractivity contribution is 7.09. The topological polar surface area (TPSA) is 80.0 Å². The summed E-state index contributed by atoms with van der Waals surface area (Å²) in [6.07, 6.45) is 6.86. The number of nitrogens with one attached hydrogen (secondary N) is 1. The normalized spacial score (nSPS) is 15.8. The minimum Gasteiger partial charge on any atom is -0.394 e. The molecule has 1 amide bonds. The molecular formula is C35H38N4O2S. The number of aliphatic hydroxyl groups is 1. The molecule has 0 radical (unpaired) electrons. The van der Waals surface area contributed by atoms with Crippen LogP contribution in [0.5, 0.6) is 0 Å². The number of hydrogen-bond donors (Lipinski definition) is 2. The lowest BCUT2D eigenvalue weighted by Gasteiger charge is -2.28. The molecule has 5 aromatic rings. The largest absolute Gasteiger partial charge is 0.394 e. The van der Waals surface area contributed by atoms with Crippen molar-refractivity contribution in [1.29, 1.82) is 0 Å². The fourth-order valence-corrected chi connectivity index (χ4v) is 6.96. The Hall–Kier alpha value is -3.81. The number of carbonyl (C=O) groups excluding carboxylic acids is 1. The summed E-state index contributed by atoms with van der Waals surface area (Å²) >= 11 is 1.63. The fraction of sp³-hybridized carbons (Fsp3) is 0.343. The summed E-state index contributed by atoms with van der Waals surface area (Å²) in [6.45, 7) is 2.54. The maximum absolute atomic E-state index is 13.9. The van der Waals surface area contributed by atoms with Crippen LogP contribution in [0, 0.1) is 12.8 Å². The average molecular weight is 579 g/mol. The van der Waals surface area contributed by atoms with Gasteiger partial charge < -0.3 is 15.0 Å². The van der Waals surface area contributed by atoms with Crippen molar-refractivity contribution < 1.29 is 9.90 Å². The van der Waals surface area contributed by atoms with Gasteiger partial charge in [-0.2, -0.15) is 0 Å². The van der Waals surface area contributed by atoms with Gasteiger partial charge in [-0.25, -0.2) is 9.97 Å². The first kappa shape index (κ1) is 28.3. The third kappa shape index (κ3) is 6.18. The maximum atomic E-state index is 13.9. The van der Waals surface area contributed by atoms with E-state index in [1.165, 1.54) is 12.8 Å². The lowest BCUT2D eigenvalue weighted by atomic mass is 9.80. The molecule has 6 nitrogen and oxygen atoms in total. The molecule has 2 aromatic heterocycles. The quantitative estimate of drug-likeness (QED) is 0.178. The number of imidazole rings is 1. The predicted molar refractivity (Wildman–Crippen MR) is 169 cm³/mol. The number of aromatic nitrogens is 3. The number of rotatable bonds is 9. The highest BCUT2D eigenvalue weighted by Gasteiger charge is 2.32. The van der Waals surface area contributed by atoms with E-state index in [1.807, 2.05) is 55.5 Å². The van der Waals surface area contributed by atoms with Crippen LogP contribution in [0.4, 0.5) is 0 Å². The molecule has 2 N–H and O–H groups in total. The molecule has 2 heterocycles. The van der Waals surface area contributed by atoms with Gasteiger partial charge >= 0.3 is 0 Å². The van der Waals surface area contributed by atoms with E-state index < -0.39 is 6.04 Å². The van der Waals surface area contributed by atoms with E-state index in [9.17, 15) is 9.90 Å². The second-order valence-corrected chi connectivity index (χ2v) is 12.4. The number of carbonyl (C=O) groups is 1. The predicted octanol–water partition coefficient (Wildman–Crippen LogP) is 7.42. The molecule has 6 rings (SSSR count). The molecule has 1 saturated carbocycles. The van der Waals surface area contributed by atoms with Gasteiger partial charge in [0, 0.05) is 11.9 Å². The fourth-order valence-electron chi connectivity index (χ4n) is 6.37. The van der Waals surface area contributed by atoms with Gasteiger partial charge in [-0.3, -0.25) is 4.79 Å². The van der Waals surface area contributed by atoms with Gasteiger partial charge in [0.2, 0.25) is 5.91 Å². The lowest BCUT2D eigenvalue weighted by Crippen LogP contribution is -2.37. The number of hydrogen-bond acceptors (Lipinski definition) is 5. The summed E-state index contributed by atoms with van der Waals surface area (Å²) in [4.78, 5) is 23.6. The van der Waals surface area contributed by atoms with Crippen LogP contribution in [-0.4, -0.2) is 32.2 Å². The first-order valence-electron chi connectivity index (χ1n) is 15.0. The summed E-state index contributed by atoms with van der Waals surface area (Å²) in [5, 5.41) is 16.4. The van der Waals surface area contributed by atoms with Crippen molar-refractivity contribution in [2.24, 2.45) is 5.92 Å². The Balaban J connectivity index is 1.29. The molecule has 1 fully saturated rings. The minimum absolute atomic E-state index is 0.000607. The van der Waals surface area contributed by atoms with Crippen LogP contribution in [-0.2, 0) is 11.3 Å². The standard InChI is InChI=1S/C35H38N4O2S/c1-24-36-31(23-42-24)34-37-29-15-9-10-16-32(29)39(34)21-25-17-19-28(20-18-25)33(27-13-5-2-3-6-14-27)35(41)38-30(22-40)26-11-7-4-8-12-26/h4,7-12,15-20,23,27,30,33,40H,2-3,5-6,13-14,21-22H2,1H3,(H,38,41)/t30-,33?/m0/s1. The highest BCUT2D eigenvalue weighted by atomic mass is 32.1. The zero-order chi connectivity index (χ0) is 28.9. The molecule has 1 aliphatic rings. The third-order valence-electron chi connectivity index (χ3n) is 8.54. The van der Waals surface area contributed by atoms with E-state index in [2.05, 4.69) is 45.6 Å². The smallest absolute Gasteiger partial charge is 0.228 e. The number of para-hydroxylation sites is 2. The van der Waals surface area contributed by atoms with Crippen LogP contribution >= 0.6 is 11.3 Å². The Labute approximate surface area is 251 Å². The Kier molecular flexibility index (Phi) is 8.77. The number of benzene rings is 3. The van der Waals surface area contributed by atoms with Crippen molar-refractivity contribution in [3.63, 3.8) is 0 Å². The molecule has 1 unspecified atom stereocenters. The number of thiazole rings is 1. The zero-order valence-corrected chi connectivity index (χ0v) is 24.9. The second kappa shape index (κ2) is 13.0. The molecule has 216 valence electrons. The van der Waals surface area contributed by atoms with Crippen molar-refractivity contribution in [2.45, 2.75) is 64.0 Å². The van der Waals surface area contributed by atoms with E-state index in [0.29, 0.717) is 6.54 Å². The summed E-state index contributed by atoms with van der Waals surface area (Å²) in [5.74, 6) is 0.902. The Morgan fingerprint density at radius 3 is 2.33 bits per heavy atom. The summed E-state index contributed by atoms with van der Waals surface area (Å²) in [6, 6.07) is 26.1. The van der Waals surface area contributed by atoms with Crippen LogP contribution < -0.4 is 5.32 Å². The Morgan fingerprint density at radius 2 is 1.64 bits per heavy atom. The molecule has 7 heteroatoms. The van der Waals surface area contributed by atoms with Crippen molar-refractivity contribution in [1.82, 2.24) is 19.9 Å². The number of aliphatic hydroxyl groups excluding tert-OH is 1. The number of nitrogens with zero attached hydrogens (tertiary/aromatic N) is 3. The Bertz CT molecular complexity index is 1620. The SMILES string of the molecule is Cc1nc(-c2nc3ccccc3n2Cc2ccc(C(C(=O)N[C@@H](CO)c3ccccc3)C3CCCCCC3)cc2)cs1. The van der Waals surface area contributed by atoms with Gasteiger partial charge in [0.15, 0.2) is 5.82 Å². The lowest BCUT2D eigenvalue weighted by molar-refractivity contribution is -0.125. The number of amides is 1. The molecule has 0 saturated heterocycles. The van der Waals surface area contributed by atoms with Gasteiger partial charge in [0.05, 0.1) is 34.6 Å². The van der Waals surface area contributed by atoms with Crippen molar-refractivity contribution >= 4 is 28.3 Å². The van der Waals surface area contributed by atoms with E-state index in [-0.39, 0.29) is 24.3 Å². The minimum atomic E-state index is -0.423. The summed E-state index contributed by atoms with van der Waals surface area (Å²) in [7, 11) is 0. The molecule has 1 aliphatic carbocycles. The highest BCUT2D eigenvalue weighted by Crippen LogP contribution is 2.36. The molecule has 2 atom stereocenters. The van der Waals surface area contributed by atoms with Gasteiger partial charge in [-0.1, -0.05) is 92.4 Å². The number of aryl methyl sites for hydroxylation is 1. The third-order valence-corrected chi connectivity index (χ3v) is 9.31. The Morgan fingerprint density at radius 1 is 0.929 bits per heavy atom. The van der Waals surface area contributed by atoms with Gasteiger partial charge in [-0.15, -0.1) is 11.3 Å². The van der Waals surface area contributed by atoms with Crippen LogP contribution in [0.2, 0.25) is 0 Å². The molecule has 0 aliphatic heterocycles. The maximum Gasteiger partial charge on any atom is 0.228 e. The molecule has 3 aromatic carbocycles. The molecule has 0 spiro atoms. The van der Waals surface area contributed by atoms with Gasteiger partial charge in [0.25, 0.3) is 0 Å². The van der Waals surface area contributed by atoms with Crippen molar-refractivity contribution in [3.8, 4) is 11.5 Å². The molecular weight excluding hydrogens is 540 g/mol. The van der Waals surface area contributed by atoms with Gasteiger partial charge in [-0.05, 0) is 54.5 Å². The van der Waals surface area contributed by atoms with Crippen LogP contribution in [0.15, 0.2) is 84.2 Å². The average Bonchev–Trinajstić information content (AvgIpc) is 3.50. The summed E-state index contributed by atoms with van der Waals surface area (Å²) in [5.41, 5.74) is 6.03. The number of fused-ring (bicyclic) bond motifs is 1. The van der Waals surface area contributed by atoms with Crippen LogP contribution in [0.3, 0.4) is 0 Å². The first-order chi connectivity index (χ1) is 20.6. The van der Waals surface area contributed by atoms with E-state index >= 15 is 0 Å². The molecule has 0 bridgehead atoms. The zero-order valence-electron chi connectivity index (χ0n) is 24.1. The van der Waals surface area contributed by atoms with Crippen molar-refractivity contribution in [3.05, 3.63) is 106 Å². The van der Waals surface area contributed by atoms with E-state index in [1.54, 1.807) is 11.3 Å². The summed E-state index contributed by atoms with van der Waals surface area (Å²) < 4.78 is 2.24.